The molecule has 0 spiro atoms. The Labute approximate surface area is 129 Å². The van der Waals surface area contributed by atoms with E-state index in [9.17, 15) is 9.90 Å². The van der Waals surface area contributed by atoms with Crippen LogP contribution in [0.25, 0.3) is 10.9 Å². The first-order valence-corrected chi connectivity index (χ1v) is 7.79. The molecule has 0 unspecified atom stereocenters. The zero-order chi connectivity index (χ0) is 15.7. The molecule has 0 bridgehead atoms. The molecule has 0 saturated carbocycles. The Balaban J connectivity index is 1.73. The third-order valence-electron chi connectivity index (χ3n) is 4.46. The van der Waals surface area contributed by atoms with Gasteiger partial charge in [-0.25, -0.2) is 4.79 Å². The topological polar surface area (TPSA) is 76.6 Å². The van der Waals surface area contributed by atoms with Crippen LogP contribution in [0.1, 0.15) is 41.7 Å². The molecule has 1 saturated heterocycles. The number of benzene rings is 1. The van der Waals surface area contributed by atoms with Crippen molar-refractivity contribution in [3.05, 3.63) is 35.5 Å². The maximum Gasteiger partial charge on any atom is 0.352 e. The Morgan fingerprint density at radius 3 is 2.73 bits per heavy atom. The number of H-pyrrole nitrogens is 1. The maximum atomic E-state index is 11.0. The number of aromatic carboxylic acids is 1. The number of β-amino-alcohol motifs (C(OH)–C–C–N with tert-alkyl or cyclic N) is 1. The van der Waals surface area contributed by atoms with Gasteiger partial charge >= 0.3 is 5.97 Å². The van der Waals surface area contributed by atoms with Crippen LogP contribution in [-0.2, 0) is 0 Å². The fourth-order valence-corrected chi connectivity index (χ4v) is 3.34. The van der Waals surface area contributed by atoms with Gasteiger partial charge in [0, 0.05) is 17.4 Å². The molecule has 118 valence electrons. The minimum absolute atomic E-state index is 0.235. The van der Waals surface area contributed by atoms with Gasteiger partial charge in [-0.05, 0) is 56.5 Å². The van der Waals surface area contributed by atoms with Crippen LogP contribution in [0.3, 0.4) is 0 Å². The van der Waals surface area contributed by atoms with Crippen LogP contribution < -0.4 is 0 Å². The van der Waals surface area contributed by atoms with Gasteiger partial charge in [0.15, 0.2) is 0 Å². The van der Waals surface area contributed by atoms with Crippen LogP contribution in [0.15, 0.2) is 24.3 Å². The lowest BCUT2D eigenvalue weighted by Gasteiger charge is -2.32. The Hall–Kier alpha value is -1.85. The molecule has 1 aliphatic heterocycles. The molecule has 3 rings (SSSR count). The van der Waals surface area contributed by atoms with Crippen molar-refractivity contribution in [2.24, 2.45) is 0 Å². The lowest BCUT2D eigenvalue weighted by Crippen LogP contribution is -2.37. The average molecular weight is 302 g/mol. The van der Waals surface area contributed by atoms with Crippen molar-refractivity contribution in [1.29, 1.82) is 0 Å². The van der Waals surface area contributed by atoms with Gasteiger partial charge in [-0.15, -0.1) is 0 Å². The number of carboxylic acids is 1. The van der Waals surface area contributed by atoms with Gasteiger partial charge in [0.25, 0.3) is 0 Å². The van der Waals surface area contributed by atoms with Crippen LogP contribution in [0.4, 0.5) is 0 Å². The quantitative estimate of drug-likeness (QED) is 0.810. The van der Waals surface area contributed by atoms with E-state index in [1.165, 1.54) is 5.56 Å². The van der Waals surface area contributed by atoms with Crippen LogP contribution in [0.5, 0.6) is 0 Å². The predicted molar refractivity (Wildman–Crippen MR) is 85.4 cm³/mol. The minimum Gasteiger partial charge on any atom is -0.477 e. The van der Waals surface area contributed by atoms with Gasteiger partial charge in [-0.2, -0.15) is 0 Å². The summed E-state index contributed by atoms with van der Waals surface area (Å²) in [6.45, 7) is 4.56. The number of likely N-dealkylation sites (tertiary alicyclic amines) is 1. The molecule has 0 aliphatic carbocycles. The lowest BCUT2D eigenvalue weighted by molar-refractivity contribution is 0.0691. The van der Waals surface area contributed by atoms with E-state index in [2.05, 4.69) is 22.0 Å². The van der Waals surface area contributed by atoms with E-state index in [-0.39, 0.29) is 11.8 Å². The van der Waals surface area contributed by atoms with Crippen LogP contribution in [-0.4, -0.2) is 51.8 Å². The number of piperidine rings is 1. The summed E-state index contributed by atoms with van der Waals surface area (Å²) in [5.41, 5.74) is 2.39. The van der Waals surface area contributed by atoms with Crippen molar-refractivity contribution < 1.29 is 15.0 Å². The number of nitrogens with one attached hydrogen (secondary N) is 1. The largest absolute Gasteiger partial charge is 0.477 e. The SMILES string of the molecule is C[C@@H](O)CN1CCC(c2ccc3cc(C(=O)O)[nH]c3c2)CC1. The predicted octanol–water partition coefficient (Wildman–Crippen LogP) is 2.43. The monoisotopic (exact) mass is 302 g/mol. The first-order valence-electron chi connectivity index (χ1n) is 7.79. The third-order valence-corrected chi connectivity index (χ3v) is 4.46. The van der Waals surface area contributed by atoms with Crippen LogP contribution in [0, 0.1) is 0 Å². The van der Waals surface area contributed by atoms with Crippen molar-refractivity contribution in [2.45, 2.75) is 31.8 Å². The molecule has 1 aliphatic rings. The average Bonchev–Trinajstić information content (AvgIpc) is 2.90. The first-order chi connectivity index (χ1) is 10.5. The molecule has 3 N–H and O–H groups in total. The molecule has 0 amide bonds. The number of aliphatic hydroxyl groups excluding tert-OH is 1. The van der Waals surface area contributed by atoms with Crippen molar-refractivity contribution >= 4 is 16.9 Å². The van der Waals surface area contributed by atoms with Gasteiger partial charge in [-0.3, -0.25) is 0 Å². The van der Waals surface area contributed by atoms with Gasteiger partial charge in [0.05, 0.1) is 6.10 Å². The number of carbonyl (C=O) groups is 1. The summed E-state index contributed by atoms with van der Waals surface area (Å²) in [5, 5.41) is 19.4. The molecule has 1 aromatic heterocycles. The van der Waals surface area contributed by atoms with Gasteiger partial charge < -0.3 is 20.1 Å². The standard InChI is InChI=1S/C17H22N2O3/c1-11(20)10-19-6-4-12(5-7-19)13-2-3-14-9-16(17(21)22)18-15(14)8-13/h2-3,8-9,11-12,18,20H,4-7,10H2,1H3,(H,21,22)/t11-/m1/s1. The number of aromatic nitrogens is 1. The van der Waals surface area contributed by atoms with E-state index >= 15 is 0 Å². The smallest absolute Gasteiger partial charge is 0.352 e. The fourth-order valence-electron chi connectivity index (χ4n) is 3.34. The van der Waals surface area contributed by atoms with Gasteiger partial charge in [-0.1, -0.05) is 12.1 Å². The second-order valence-corrected chi connectivity index (χ2v) is 6.26. The molecule has 1 atom stereocenters. The lowest BCUT2D eigenvalue weighted by atomic mass is 9.89. The molecular weight excluding hydrogens is 280 g/mol. The fraction of sp³-hybridized carbons (Fsp3) is 0.471. The molecule has 5 heteroatoms. The van der Waals surface area contributed by atoms with E-state index in [1.807, 2.05) is 13.0 Å². The number of rotatable bonds is 4. The normalized spacial score (nSPS) is 18.6. The number of aliphatic hydroxyl groups is 1. The highest BCUT2D eigenvalue weighted by atomic mass is 16.4. The highest BCUT2D eigenvalue weighted by Crippen LogP contribution is 2.30. The van der Waals surface area contributed by atoms with Gasteiger partial charge in [0.1, 0.15) is 5.69 Å². The Morgan fingerprint density at radius 1 is 1.36 bits per heavy atom. The molecule has 1 fully saturated rings. The Kier molecular flexibility index (Phi) is 4.18. The molecule has 2 aromatic rings. The van der Waals surface area contributed by atoms with E-state index in [4.69, 9.17) is 5.11 Å². The number of hydrogen-bond donors (Lipinski definition) is 3. The van der Waals surface area contributed by atoms with Crippen molar-refractivity contribution in [2.75, 3.05) is 19.6 Å². The highest BCUT2D eigenvalue weighted by molar-refractivity contribution is 5.93. The molecule has 22 heavy (non-hydrogen) atoms. The number of carboxylic acid groups (broad SMARTS) is 1. The van der Waals surface area contributed by atoms with Gasteiger partial charge in [0.2, 0.25) is 0 Å². The second kappa shape index (κ2) is 6.10. The van der Waals surface area contributed by atoms with Crippen LogP contribution in [0.2, 0.25) is 0 Å². The summed E-state index contributed by atoms with van der Waals surface area (Å²) in [5.74, 6) is -0.421. The first kappa shape index (κ1) is 15.1. The summed E-state index contributed by atoms with van der Waals surface area (Å²) in [7, 11) is 0. The third kappa shape index (κ3) is 3.15. The Morgan fingerprint density at radius 2 is 2.09 bits per heavy atom. The number of nitrogens with zero attached hydrogens (tertiary/aromatic N) is 1. The zero-order valence-electron chi connectivity index (χ0n) is 12.7. The van der Waals surface area contributed by atoms with Crippen LogP contribution >= 0.6 is 0 Å². The molecule has 5 nitrogen and oxygen atoms in total. The van der Waals surface area contributed by atoms with Crippen molar-refractivity contribution in [3.63, 3.8) is 0 Å². The van der Waals surface area contributed by atoms with Crippen molar-refractivity contribution in [3.8, 4) is 0 Å². The minimum atomic E-state index is -0.927. The summed E-state index contributed by atoms with van der Waals surface area (Å²) in [6, 6.07) is 7.86. The maximum absolute atomic E-state index is 11.0. The summed E-state index contributed by atoms with van der Waals surface area (Å²) < 4.78 is 0. The highest BCUT2D eigenvalue weighted by Gasteiger charge is 2.21. The van der Waals surface area contributed by atoms with E-state index in [0.29, 0.717) is 5.92 Å². The van der Waals surface area contributed by atoms with E-state index in [1.54, 1.807) is 6.07 Å². The summed E-state index contributed by atoms with van der Waals surface area (Å²) in [4.78, 5) is 16.3. The molecule has 2 heterocycles. The molecule has 0 radical (unpaired) electrons. The summed E-state index contributed by atoms with van der Waals surface area (Å²) >= 11 is 0. The second-order valence-electron chi connectivity index (χ2n) is 6.26. The molecule has 1 aromatic carbocycles. The number of hydrogen-bond acceptors (Lipinski definition) is 3. The number of fused-ring (bicyclic) bond motifs is 1. The molecular formula is C17H22N2O3. The Bertz CT molecular complexity index is 670. The van der Waals surface area contributed by atoms with E-state index < -0.39 is 5.97 Å². The van der Waals surface area contributed by atoms with E-state index in [0.717, 1.165) is 43.4 Å². The number of aromatic amines is 1. The summed E-state index contributed by atoms with van der Waals surface area (Å²) in [6.07, 6.45) is 1.87. The zero-order valence-corrected chi connectivity index (χ0v) is 12.7. The van der Waals surface area contributed by atoms with Crippen molar-refractivity contribution in [1.82, 2.24) is 9.88 Å².